The molecule has 0 amide bonds. The van der Waals surface area contributed by atoms with E-state index >= 15 is 0 Å². The average molecular weight is 302 g/mol. The maximum atomic E-state index is 12.6. The Morgan fingerprint density at radius 2 is 1.86 bits per heavy atom. The Bertz CT molecular complexity index is 524. The minimum atomic E-state index is -0.115. The van der Waals surface area contributed by atoms with Crippen LogP contribution in [-0.2, 0) is 4.79 Å². The second-order valence-corrected chi connectivity index (χ2v) is 9.18. The van der Waals surface area contributed by atoms with Crippen LogP contribution in [0.15, 0.2) is 12.2 Å². The molecule has 0 aromatic carbocycles. The van der Waals surface area contributed by atoms with Crippen molar-refractivity contribution >= 4 is 5.78 Å². The first-order valence-corrected chi connectivity index (χ1v) is 9.27. The highest BCUT2D eigenvalue weighted by molar-refractivity contribution is 6.02. The molecular formula is C20H30O2. The number of ketones is 1. The number of Topliss-reactive ketones (excluding diaryl/α,β-unsaturated/α-hetero) is 1. The van der Waals surface area contributed by atoms with Crippen LogP contribution in [0, 0.1) is 34.5 Å². The summed E-state index contributed by atoms with van der Waals surface area (Å²) in [5.74, 6) is 3.06. The van der Waals surface area contributed by atoms with Crippen LogP contribution in [0.25, 0.3) is 0 Å². The van der Waals surface area contributed by atoms with E-state index in [0.29, 0.717) is 29.0 Å². The lowest BCUT2D eigenvalue weighted by molar-refractivity contribution is -0.141. The fourth-order valence-electron chi connectivity index (χ4n) is 6.98. The van der Waals surface area contributed by atoms with Crippen LogP contribution in [0.5, 0.6) is 0 Å². The second kappa shape index (κ2) is 4.69. The number of fused-ring (bicyclic) bond motifs is 5. The van der Waals surface area contributed by atoms with E-state index in [-0.39, 0.29) is 11.5 Å². The Hall–Kier alpha value is -0.630. The number of carbonyl (C=O) groups is 1. The third-order valence-corrected chi connectivity index (χ3v) is 8.33. The van der Waals surface area contributed by atoms with E-state index in [2.05, 4.69) is 20.4 Å². The number of allylic oxidation sites excluding steroid dienone is 1. The minimum absolute atomic E-state index is 0.0729. The summed E-state index contributed by atoms with van der Waals surface area (Å²) in [6.45, 7) is 8.78. The van der Waals surface area contributed by atoms with Crippen LogP contribution in [0.1, 0.15) is 65.2 Å². The van der Waals surface area contributed by atoms with Crippen molar-refractivity contribution in [2.75, 3.05) is 0 Å². The zero-order valence-electron chi connectivity index (χ0n) is 14.1. The lowest BCUT2D eigenvalue weighted by Gasteiger charge is -2.59. The van der Waals surface area contributed by atoms with Gasteiger partial charge >= 0.3 is 0 Å². The van der Waals surface area contributed by atoms with Gasteiger partial charge in [0.25, 0.3) is 0 Å². The molecule has 4 aliphatic carbocycles. The van der Waals surface area contributed by atoms with Crippen molar-refractivity contribution in [1.29, 1.82) is 0 Å². The van der Waals surface area contributed by atoms with Crippen LogP contribution in [0.4, 0.5) is 0 Å². The molecule has 0 heterocycles. The number of carbonyl (C=O) groups excluding carboxylic acids is 1. The largest absolute Gasteiger partial charge is 0.393 e. The van der Waals surface area contributed by atoms with Gasteiger partial charge in [0.1, 0.15) is 0 Å². The highest BCUT2D eigenvalue weighted by Crippen LogP contribution is 2.65. The molecule has 22 heavy (non-hydrogen) atoms. The van der Waals surface area contributed by atoms with Gasteiger partial charge in [-0.15, -0.1) is 0 Å². The van der Waals surface area contributed by atoms with Crippen molar-refractivity contribution in [1.82, 2.24) is 0 Å². The van der Waals surface area contributed by atoms with E-state index in [1.54, 1.807) is 0 Å². The third-order valence-electron chi connectivity index (χ3n) is 8.33. The fraction of sp³-hybridized carbons (Fsp3) is 0.850. The lowest BCUT2D eigenvalue weighted by Crippen LogP contribution is -2.54. The van der Waals surface area contributed by atoms with Crippen molar-refractivity contribution in [3.8, 4) is 0 Å². The van der Waals surface area contributed by atoms with Crippen LogP contribution < -0.4 is 0 Å². The molecule has 0 spiro atoms. The first-order valence-electron chi connectivity index (χ1n) is 9.27. The average Bonchev–Trinajstić information content (AvgIpc) is 2.72. The zero-order chi connectivity index (χ0) is 15.7. The highest BCUT2D eigenvalue weighted by Gasteiger charge is 2.60. The van der Waals surface area contributed by atoms with Crippen LogP contribution >= 0.6 is 0 Å². The normalized spacial score (nSPS) is 54.6. The van der Waals surface area contributed by atoms with E-state index in [1.807, 2.05) is 0 Å². The van der Waals surface area contributed by atoms with Crippen LogP contribution in [-0.4, -0.2) is 17.0 Å². The molecule has 122 valence electrons. The minimum Gasteiger partial charge on any atom is -0.393 e. The monoisotopic (exact) mass is 302 g/mol. The Morgan fingerprint density at radius 1 is 1.09 bits per heavy atom. The molecule has 4 saturated carbocycles. The van der Waals surface area contributed by atoms with Crippen molar-refractivity contribution in [2.24, 2.45) is 34.5 Å². The number of rotatable bonds is 0. The van der Waals surface area contributed by atoms with Gasteiger partial charge in [-0.1, -0.05) is 20.4 Å². The Kier molecular flexibility index (Phi) is 3.18. The molecule has 1 N–H and O–H groups in total. The van der Waals surface area contributed by atoms with E-state index in [4.69, 9.17) is 0 Å². The van der Waals surface area contributed by atoms with Gasteiger partial charge in [0.15, 0.2) is 5.78 Å². The predicted octanol–water partition coefficient (Wildman–Crippen LogP) is 4.13. The molecule has 4 aliphatic rings. The molecule has 0 saturated heterocycles. The van der Waals surface area contributed by atoms with Gasteiger partial charge < -0.3 is 5.11 Å². The molecule has 0 aromatic heterocycles. The maximum absolute atomic E-state index is 12.6. The number of aliphatic hydroxyl groups is 1. The Labute approximate surface area is 134 Å². The van der Waals surface area contributed by atoms with Gasteiger partial charge in [-0.2, -0.15) is 0 Å². The van der Waals surface area contributed by atoms with E-state index in [0.717, 1.165) is 37.2 Å². The van der Waals surface area contributed by atoms with Gasteiger partial charge in [0, 0.05) is 5.41 Å². The van der Waals surface area contributed by atoms with Gasteiger partial charge in [0.2, 0.25) is 0 Å². The van der Waals surface area contributed by atoms with Gasteiger partial charge in [0.05, 0.1) is 6.10 Å². The van der Waals surface area contributed by atoms with Crippen LogP contribution in [0.2, 0.25) is 0 Å². The molecule has 7 atom stereocenters. The van der Waals surface area contributed by atoms with Crippen LogP contribution in [0.3, 0.4) is 0 Å². The first kappa shape index (κ1) is 14.9. The number of hydrogen-bond acceptors (Lipinski definition) is 2. The molecule has 2 nitrogen and oxygen atoms in total. The van der Waals surface area contributed by atoms with Crippen molar-refractivity contribution in [2.45, 2.75) is 71.3 Å². The molecular weight excluding hydrogens is 272 g/mol. The summed E-state index contributed by atoms with van der Waals surface area (Å²) >= 11 is 0. The highest BCUT2D eigenvalue weighted by atomic mass is 16.3. The second-order valence-electron chi connectivity index (χ2n) is 9.18. The smallest absolute Gasteiger partial charge is 0.164 e. The van der Waals surface area contributed by atoms with E-state index in [9.17, 15) is 9.90 Å². The molecule has 4 fully saturated rings. The summed E-state index contributed by atoms with van der Waals surface area (Å²) in [6.07, 6.45) is 8.81. The summed E-state index contributed by atoms with van der Waals surface area (Å²) in [7, 11) is 0. The fourth-order valence-corrected chi connectivity index (χ4v) is 6.98. The van der Waals surface area contributed by atoms with E-state index < -0.39 is 0 Å². The van der Waals surface area contributed by atoms with Crippen molar-refractivity contribution in [3.63, 3.8) is 0 Å². The molecule has 0 bridgehead atoms. The SMILES string of the molecule is C=C1C[C@H]2[C@@H]3CCC4CC(O)CC[C@]4(C)[C@@H]3CC[C@]2(C)C1=O. The Balaban J connectivity index is 1.66. The Morgan fingerprint density at radius 3 is 2.64 bits per heavy atom. The topological polar surface area (TPSA) is 37.3 Å². The zero-order valence-corrected chi connectivity index (χ0v) is 14.1. The first-order chi connectivity index (χ1) is 10.4. The van der Waals surface area contributed by atoms with Gasteiger partial charge in [-0.05, 0) is 86.0 Å². The molecule has 0 aliphatic heterocycles. The van der Waals surface area contributed by atoms with Crippen molar-refractivity contribution in [3.05, 3.63) is 12.2 Å². The quantitative estimate of drug-likeness (QED) is 0.683. The predicted molar refractivity (Wildman–Crippen MR) is 87.3 cm³/mol. The maximum Gasteiger partial charge on any atom is 0.164 e. The standard InChI is InChI=1S/C20H30O2/c1-12-10-17-15-5-4-13-11-14(21)6-8-19(13,2)16(15)7-9-20(17,3)18(12)22/h13-17,21H,1,4-11H2,2-3H3/t13?,14?,15-,16-,17+,19+,20+/m1/s1. The van der Waals surface area contributed by atoms with Gasteiger partial charge in [-0.25, -0.2) is 0 Å². The molecule has 0 radical (unpaired) electrons. The summed E-state index contributed by atoms with van der Waals surface area (Å²) in [4.78, 5) is 12.6. The van der Waals surface area contributed by atoms with Gasteiger partial charge in [-0.3, -0.25) is 4.79 Å². The lowest BCUT2D eigenvalue weighted by atomic mass is 9.45. The number of hydrogen-bond donors (Lipinski definition) is 1. The summed E-state index contributed by atoms with van der Waals surface area (Å²) in [5, 5.41) is 10.1. The summed E-state index contributed by atoms with van der Waals surface area (Å²) in [5.41, 5.74) is 1.17. The van der Waals surface area contributed by atoms with E-state index in [1.165, 1.54) is 25.7 Å². The number of aliphatic hydroxyl groups excluding tert-OH is 1. The van der Waals surface area contributed by atoms with Crippen molar-refractivity contribution < 1.29 is 9.90 Å². The molecule has 0 aromatic rings. The molecule has 2 heteroatoms. The molecule has 4 rings (SSSR count). The summed E-state index contributed by atoms with van der Waals surface area (Å²) < 4.78 is 0. The third kappa shape index (κ3) is 1.79. The molecule has 2 unspecified atom stereocenters. The summed E-state index contributed by atoms with van der Waals surface area (Å²) in [6, 6.07) is 0.